The summed E-state index contributed by atoms with van der Waals surface area (Å²) in [5, 5.41) is 0. The van der Waals surface area contributed by atoms with Gasteiger partial charge in [-0.05, 0) is 60.2 Å². The van der Waals surface area contributed by atoms with E-state index in [1.165, 1.54) is 29.1 Å². The molecule has 5 rings (SSSR count). The van der Waals surface area contributed by atoms with Gasteiger partial charge in [-0.1, -0.05) is 107 Å². The quantitative estimate of drug-likeness (QED) is 0.194. The fourth-order valence-corrected chi connectivity index (χ4v) is 8.47. The zero-order chi connectivity index (χ0) is 33.5. The number of hydrogen-bond donors (Lipinski definition) is 0. The molecule has 3 aliphatic heterocycles. The molecule has 4 amide bonds. The number of benzene rings is 2. The van der Waals surface area contributed by atoms with E-state index in [9.17, 15) is 19.2 Å². The average molecular weight is 772 g/mol. The van der Waals surface area contributed by atoms with Crippen LogP contribution in [-0.2, 0) is 25.6 Å². The molecule has 0 saturated carbocycles. The monoisotopic (exact) mass is 770 g/mol. The largest absolute Gasteiger partial charge is 0.339 e. The summed E-state index contributed by atoms with van der Waals surface area (Å²) in [7, 11) is 0. The molecule has 3 aliphatic rings. The van der Waals surface area contributed by atoms with Crippen LogP contribution in [0.5, 0.6) is 0 Å². The molecule has 8 nitrogen and oxygen atoms in total. The van der Waals surface area contributed by atoms with Gasteiger partial charge in [0.05, 0.1) is 9.81 Å². The third-order valence-electron chi connectivity index (χ3n) is 8.11. The van der Waals surface area contributed by atoms with Gasteiger partial charge in [-0.2, -0.15) is 0 Å². The van der Waals surface area contributed by atoms with Crippen molar-refractivity contribution in [3.8, 4) is 0 Å². The molecule has 2 aromatic rings. The Morgan fingerprint density at radius 3 is 1.72 bits per heavy atom. The molecule has 0 N–H and O–H groups in total. The number of amides is 4. The van der Waals surface area contributed by atoms with E-state index in [-0.39, 0.29) is 23.6 Å². The van der Waals surface area contributed by atoms with Crippen LogP contribution in [0.2, 0.25) is 0 Å². The lowest BCUT2D eigenvalue weighted by Gasteiger charge is -2.35. The van der Waals surface area contributed by atoms with Gasteiger partial charge in [-0.3, -0.25) is 29.0 Å². The minimum atomic E-state index is -0.135. The van der Waals surface area contributed by atoms with Crippen molar-refractivity contribution in [3.63, 3.8) is 0 Å². The van der Waals surface area contributed by atoms with Crippen LogP contribution in [-0.4, -0.2) is 91.1 Å². The number of halogens is 1. The normalized spacial score (nSPS) is 18.8. The number of carbonyl (C=O) groups excluding carboxylic acids is 4. The molecule has 0 spiro atoms. The van der Waals surface area contributed by atoms with Crippen LogP contribution in [0, 0.1) is 0 Å². The number of hydrogen-bond acceptors (Lipinski definition) is 8. The van der Waals surface area contributed by atoms with E-state index in [0.29, 0.717) is 83.4 Å². The Balaban J connectivity index is 1.00. The number of nitrogens with zero attached hydrogens (tertiary/aromatic N) is 4. The van der Waals surface area contributed by atoms with E-state index in [1.807, 2.05) is 48.6 Å². The number of piperazine rings is 1. The van der Waals surface area contributed by atoms with Gasteiger partial charge in [-0.25, -0.2) is 0 Å². The van der Waals surface area contributed by atoms with Gasteiger partial charge in [0, 0.05) is 56.6 Å². The zero-order valence-corrected chi connectivity index (χ0v) is 30.8. The molecule has 0 unspecified atom stereocenters. The molecule has 0 aliphatic carbocycles. The van der Waals surface area contributed by atoms with Crippen molar-refractivity contribution < 1.29 is 19.2 Å². The first-order chi connectivity index (χ1) is 22.6. The molecule has 47 heavy (non-hydrogen) atoms. The number of carbonyl (C=O) groups is 4. The summed E-state index contributed by atoms with van der Waals surface area (Å²) < 4.78 is 1.94. The van der Waals surface area contributed by atoms with Crippen LogP contribution >= 0.6 is 63.9 Å². The Bertz CT molecular complexity index is 1640. The lowest BCUT2D eigenvalue weighted by atomic mass is 10.1. The molecule has 246 valence electrons. The second-order valence-electron chi connectivity index (χ2n) is 11.3. The average Bonchev–Trinajstić information content (AvgIpc) is 3.48. The van der Waals surface area contributed by atoms with Crippen LogP contribution in [0.15, 0.2) is 62.8 Å². The van der Waals surface area contributed by atoms with Crippen molar-refractivity contribution in [1.82, 2.24) is 19.6 Å². The summed E-state index contributed by atoms with van der Waals surface area (Å²) in [6, 6.07) is 15.8. The number of aryl methyl sites for hydroxylation is 1. The molecule has 3 saturated heterocycles. The van der Waals surface area contributed by atoms with Crippen LogP contribution in [0.3, 0.4) is 0 Å². The van der Waals surface area contributed by atoms with Gasteiger partial charge >= 0.3 is 0 Å². The van der Waals surface area contributed by atoms with Crippen LogP contribution in [0.25, 0.3) is 12.2 Å². The third kappa shape index (κ3) is 9.20. The summed E-state index contributed by atoms with van der Waals surface area (Å²) in [5.74, 6) is -0.231. The molecule has 0 bridgehead atoms. The smallest absolute Gasteiger partial charge is 0.266 e. The van der Waals surface area contributed by atoms with Crippen LogP contribution in [0.4, 0.5) is 0 Å². The lowest BCUT2D eigenvalue weighted by molar-refractivity contribution is -0.139. The van der Waals surface area contributed by atoms with Gasteiger partial charge in [0.15, 0.2) is 0 Å². The summed E-state index contributed by atoms with van der Waals surface area (Å²) in [6.45, 7) is 4.77. The Kier molecular flexibility index (Phi) is 12.5. The maximum atomic E-state index is 13.0. The summed E-state index contributed by atoms with van der Waals surface area (Å²) >= 11 is 16.9. The summed E-state index contributed by atoms with van der Waals surface area (Å²) in [4.78, 5) is 59.6. The van der Waals surface area contributed by atoms with E-state index in [0.717, 1.165) is 22.0 Å². The van der Waals surface area contributed by atoms with Crippen molar-refractivity contribution in [3.05, 3.63) is 79.5 Å². The highest BCUT2D eigenvalue weighted by atomic mass is 79.9. The summed E-state index contributed by atoms with van der Waals surface area (Å²) in [5.41, 5.74) is 3.11. The second kappa shape index (κ2) is 16.5. The number of thiocarbonyl (C=S) groups is 2. The van der Waals surface area contributed by atoms with E-state index in [1.54, 1.807) is 19.6 Å². The standard InChI is InChI=1S/C34H35BrN4O4S4/c1-2-23-10-12-24(13-11-23)21-27-31(42)38(33(44)46-27)14-4-8-29(40)36-16-18-37(19-17-36)30(41)9-5-15-39-32(43)28(47-34(39)45)22-25-6-3-7-26(35)20-25/h3,6-7,10-13,20-22H,2,4-5,8-9,14-19H2,1H3/b27-21-,28-22-. The number of rotatable bonds is 11. The van der Waals surface area contributed by atoms with Crippen molar-refractivity contribution >= 4 is 108 Å². The van der Waals surface area contributed by atoms with Crippen molar-refractivity contribution in [2.24, 2.45) is 0 Å². The predicted molar refractivity (Wildman–Crippen MR) is 201 cm³/mol. The lowest BCUT2D eigenvalue weighted by Crippen LogP contribution is -2.50. The Morgan fingerprint density at radius 2 is 1.26 bits per heavy atom. The minimum absolute atomic E-state index is 0.0101. The SMILES string of the molecule is CCc1ccc(/C=C2\SC(=S)N(CCCC(=O)N3CCN(C(=O)CCCN4C(=O)/C(=C/c5cccc(Br)c5)SC4=S)CC3)C2=O)cc1. The highest BCUT2D eigenvalue weighted by Gasteiger charge is 2.33. The van der Waals surface area contributed by atoms with Gasteiger partial charge in [-0.15, -0.1) is 0 Å². The molecular weight excluding hydrogens is 737 g/mol. The molecule has 0 aromatic heterocycles. The van der Waals surface area contributed by atoms with Crippen molar-refractivity contribution in [1.29, 1.82) is 0 Å². The van der Waals surface area contributed by atoms with E-state index in [4.69, 9.17) is 24.4 Å². The fourth-order valence-electron chi connectivity index (χ4n) is 5.43. The fraction of sp³-hybridized carbons (Fsp3) is 0.353. The first-order valence-corrected chi connectivity index (χ1v) is 18.8. The Hall–Kier alpha value is -2.84. The molecule has 2 aromatic carbocycles. The maximum absolute atomic E-state index is 13.0. The van der Waals surface area contributed by atoms with Gasteiger partial charge in [0.2, 0.25) is 11.8 Å². The Morgan fingerprint density at radius 1 is 0.766 bits per heavy atom. The second-order valence-corrected chi connectivity index (χ2v) is 15.6. The van der Waals surface area contributed by atoms with Gasteiger partial charge in [0.25, 0.3) is 11.8 Å². The molecule has 0 radical (unpaired) electrons. The van der Waals surface area contributed by atoms with Crippen LogP contribution in [0.1, 0.15) is 49.3 Å². The zero-order valence-electron chi connectivity index (χ0n) is 26.0. The summed E-state index contributed by atoms with van der Waals surface area (Å²) in [6.07, 6.45) is 6.29. The maximum Gasteiger partial charge on any atom is 0.266 e. The Labute approximate surface area is 303 Å². The molecule has 3 fully saturated rings. The molecule has 13 heteroatoms. The van der Waals surface area contributed by atoms with Gasteiger partial charge < -0.3 is 9.80 Å². The highest BCUT2D eigenvalue weighted by Crippen LogP contribution is 2.34. The third-order valence-corrected chi connectivity index (χ3v) is 11.4. The minimum Gasteiger partial charge on any atom is -0.339 e. The van der Waals surface area contributed by atoms with Crippen LogP contribution < -0.4 is 0 Å². The molecule has 0 atom stereocenters. The first kappa shape index (κ1) is 35.5. The van der Waals surface area contributed by atoms with Gasteiger partial charge in [0.1, 0.15) is 8.64 Å². The topological polar surface area (TPSA) is 81.2 Å². The highest BCUT2D eigenvalue weighted by molar-refractivity contribution is 9.10. The molecular formula is C34H35BrN4O4S4. The van der Waals surface area contributed by atoms with E-state index >= 15 is 0 Å². The van der Waals surface area contributed by atoms with E-state index < -0.39 is 0 Å². The van der Waals surface area contributed by atoms with Crippen molar-refractivity contribution in [2.45, 2.75) is 39.0 Å². The molecule has 3 heterocycles. The number of thioether (sulfide) groups is 2. The van der Waals surface area contributed by atoms with Crippen molar-refractivity contribution in [2.75, 3.05) is 39.3 Å². The predicted octanol–water partition coefficient (Wildman–Crippen LogP) is 6.35. The van der Waals surface area contributed by atoms with E-state index in [2.05, 4.69) is 35.0 Å². The first-order valence-electron chi connectivity index (χ1n) is 15.5.